The molecule has 4 rings (SSSR count). The molecular formula is C18H22N4O. The molecule has 3 aromatic rings. The van der Waals surface area contributed by atoms with Gasteiger partial charge in [-0.05, 0) is 44.2 Å². The number of rotatable bonds is 5. The van der Waals surface area contributed by atoms with Gasteiger partial charge in [0.2, 0.25) is 0 Å². The van der Waals surface area contributed by atoms with Crippen molar-refractivity contribution < 1.29 is 5.11 Å². The summed E-state index contributed by atoms with van der Waals surface area (Å²) in [5.41, 5.74) is 4.61. The summed E-state index contributed by atoms with van der Waals surface area (Å²) in [6.45, 7) is 4.77. The van der Waals surface area contributed by atoms with Gasteiger partial charge in [0.05, 0.1) is 18.7 Å². The molecule has 0 atom stereocenters. The van der Waals surface area contributed by atoms with Gasteiger partial charge in [-0.1, -0.05) is 12.1 Å². The lowest BCUT2D eigenvalue weighted by Gasteiger charge is -2.05. The van der Waals surface area contributed by atoms with E-state index in [4.69, 9.17) is 4.98 Å². The van der Waals surface area contributed by atoms with Gasteiger partial charge in [-0.2, -0.15) is 5.10 Å². The van der Waals surface area contributed by atoms with E-state index in [1.54, 1.807) is 0 Å². The third kappa shape index (κ3) is 2.55. The van der Waals surface area contributed by atoms with Crippen LogP contribution >= 0.6 is 0 Å². The summed E-state index contributed by atoms with van der Waals surface area (Å²) in [6, 6.07) is 6.28. The monoisotopic (exact) mass is 310 g/mol. The van der Waals surface area contributed by atoms with Crippen LogP contribution in [0.15, 0.2) is 18.2 Å². The summed E-state index contributed by atoms with van der Waals surface area (Å²) in [7, 11) is 0. The Balaban J connectivity index is 1.85. The summed E-state index contributed by atoms with van der Waals surface area (Å²) >= 11 is 0. The summed E-state index contributed by atoms with van der Waals surface area (Å²) < 4.78 is 1.85. The van der Waals surface area contributed by atoms with Gasteiger partial charge < -0.3 is 10.1 Å². The number of para-hydroxylation sites is 1. The van der Waals surface area contributed by atoms with Crippen LogP contribution in [-0.4, -0.2) is 31.5 Å². The highest BCUT2D eigenvalue weighted by Crippen LogP contribution is 2.33. The Morgan fingerprint density at radius 1 is 1.30 bits per heavy atom. The normalized spacial score (nSPS) is 14.7. The number of aromatic nitrogens is 4. The second-order valence-electron chi connectivity index (χ2n) is 6.55. The fourth-order valence-electron chi connectivity index (χ4n) is 3.17. The highest BCUT2D eigenvalue weighted by molar-refractivity contribution is 5.95. The number of H-pyrrole nitrogens is 1. The molecule has 5 heteroatoms. The Kier molecular flexibility index (Phi) is 3.45. The zero-order valence-corrected chi connectivity index (χ0v) is 13.6. The van der Waals surface area contributed by atoms with E-state index in [1.807, 2.05) is 4.68 Å². The minimum absolute atomic E-state index is 0.0674. The second-order valence-corrected chi connectivity index (χ2v) is 6.55. The maximum Gasteiger partial charge on any atom is 0.160 e. The second kappa shape index (κ2) is 5.49. The van der Waals surface area contributed by atoms with Crippen LogP contribution in [0.4, 0.5) is 0 Å². The molecule has 2 heterocycles. The van der Waals surface area contributed by atoms with Crippen LogP contribution in [-0.2, 0) is 13.0 Å². The first-order chi connectivity index (χ1) is 11.2. The number of aliphatic hydroxyl groups excluding tert-OH is 1. The van der Waals surface area contributed by atoms with E-state index in [9.17, 15) is 5.11 Å². The van der Waals surface area contributed by atoms with Crippen molar-refractivity contribution in [3.63, 3.8) is 0 Å². The van der Waals surface area contributed by atoms with E-state index in [1.165, 1.54) is 29.5 Å². The van der Waals surface area contributed by atoms with Crippen molar-refractivity contribution >= 4 is 10.9 Å². The fourth-order valence-corrected chi connectivity index (χ4v) is 3.17. The Bertz CT molecular complexity index is 857. The Labute approximate surface area is 135 Å². The molecule has 1 fully saturated rings. The number of hydrogen-bond donors (Lipinski definition) is 2. The van der Waals surface area contributed by atoms with E-state index in [0.717, 1.165) is 35.1 Å². The zero-order chi connectivity index (χ0) is 16.0. The number of nitrogens with one attached hydrogen (secondary N) is 1. The first-order valence-electron chi connectivity index (χ1n) is 8.30. The molecule has 0 spiro atoms. The van der Waals surface area contributed by atoms with Crippen LogP contribution in [0.2, 0.25) is 0 Å². The van der Waals surface area contributed by atoms with Crippen molar-refractivity contribution in [2.75, 3.05) is 6.61 Å². The minimum atomic E-state index is 0.0674. The average molecular weight is 310 g/mol. The van der Waals surface area contributed by atoms with Gasteiger partial charge in [-0.25, -0.2) is 9.67 Å². The number of hydrogen-bond acceptors (Lipinski definition) is 3. The SMILES string of the molecule is Cc1[nH]c2c(-c3nc(CC4CC4)nn3CCO)cccc2c1C. The molecule has 120 valence electrons. The molecule has 0 bridgehead atoms. The average Bonchev–Trinajstić information content (AvgIpc) is 3.19. The third-order valence-corrected chi connectivity index (χ3v) is 4.78. The molecule has 1 aliphatic carbocycles. The zero-order valence-electron chi connectivity index (χ0n) is 13.6. The van der Waals surface area contributed by atoms with E-state index >= 15 is 0 Å². The van der Waals surface area contributed by atoms with Crippen molar-refractivity contribution in [2.45, 2.75) is 39.7 Å². The molecule has 0 aliphatic heterocycles. The maximum atomic E-state index is 9.36. The smallest absolute Gasteiger partial charge is 0.160 e. The molecule has 1 saturated carbocycles. The maximum absolute atomic E-state index is 9.36. The standard InChI is InChI=1S/C18H22N4O/c1-11-12(2)19-17-14(11)4-3-5-15(17)18-20-16(10-13-6-7-13)21-22(18)8-9-23/h3-5,13,19,23H,6-10H2,1-2H3. The lowest BCUT2D eigenvalue weighted by Crippen LogP contribution is -2.06. The number of aliphatic hydroxyl groups is 1. The molecule has 5 nitrogen and oxygen atoms in total. The molecule has 1 aliphatic rings. The number of nitrogens with zero attached hydrogens (tertiary/aromatic N) is 3. The quantitative estimate of drug-likeness (QED) is 0.761. The van der Waals surface area contributed by atoms with Gasteiger partial charge >= 0.3 is 0 Å². The summed E-state index contributed by atoms with van der Waals surface area (Å²) in [5.74, 6) is 2.49. The van der Waals surface area contributed by atoms with Gasteiger partial charge in [0.1, 0.15) is 0 Å². The molecule has 2 N–H and O–H groups in total. The molecule has 2 aromatic heterocycles. The van der Waals surface area contributed by atoms with Gasteiger partial charge in [-0.15, -0.1) is 0 Å². The highest BCUT2D eigenvalue weighted by Gasteiger charge is 2.25. The van der Waals surface area contributed by atoms with Gasteiger partial charge in [0.15, 0.2) is 11.6 Å². The first-order valence-corrected chi connectivity index (χ1v) is 8.30. The Morgan fingerprint density at radius 3 is 2.87 bits per heavy atom. The van der Waals surface area contributed by atoms with Gasteiger partial charge in [0, 0.05) is 23.1 Å². The molecule has 0 amide bonds. The van der Waals surface area contributed by atoms with Crippen molar-refractivity contribution in [2.24, 2.45) is 5.92 Å². The van der Waals surface area contributed by atoms with E-state index in [0.29, 0.717) is 6.54 Å². The van der Waals surface area contributed by atoms with Crippen molar-refractivity contribution in [3.05, 3.63) is 35.3 Å². The number of benzene rings is 1. The van der Waals surface area contributed by atoms with Crippen LogP contribution in [0, 0.1) is 19.8 Å². The Hall–Kier alpha value is -2.14. The van der Waals surface area contributed by atoms with Crippen molar-refractivity contribution in [1.82, 2.24) is 19.7 Å². The molecular weight excluding hydrogens is 288 g/mol. The van der Waals surface area contributed by atoms with Gasteiger partial charge in [-0.3, -0.25) is 0 Å². The summed E-state index contributed by atoms with van der Waals surface area (Å²) in [4.78, 5) is 8.27. The molecule has 0 saturated heterocycles. The highest BCUT2D eigenvalue weighted by atomic mass is 16.3. The number of fused-ring (bicyclic) bond motifs is 1. The van der Waals surface area contributed by atoms with E-state index in [-0.39, 0.29) is 6.61 Å². The summed E-state index contributed by atoms with van der Waals surface area (Å²) in [6.07, 6.45) is 3.52. The topological polar surface area (TPSA) is 66.7 Å². The molecule has 0 radical (unpaired) electrons. The predicted octanol–water partition coefficient (Wildman–Crippen LogP) is 2.99. The Morgan fingerprint density at radius 2 is 2.13 bits per heavy atom. The van der Waals surface area contributed by atoms with Crippen LogP contribution < -0.4 is 0 Å². The lowest BCUT2D eigenvalue weighted by molar-refractivity contribution is 0.270. The van der Waals surface area contributed by atoms with Crippen LogP contribution in [0.3, 0.4) is 0 Å². The lowest BCUT2D eigenvalue weighted by atomic mass is 10.1. The van der Waals surface area contributed by atoms with Gasteiger partial charge in [0.25, 0.3) is 0 Å². The minimum Gasteiger partial charge on any atom is -0.394 e. The van der Waals surface area contributed by atoms with Crippen LogP contribution in [0.1, 0.15) is 29.9 Å². The number of aryl methyl sites for hydroxylation is 2. The molecule has 23 heavy (non-hydrogen) atoms. The first kappa shape index (κ1) is 14.5. The van der Waals surface area contributed by atoms with Crippen LogP contribution in [0.5, 0.6) is 0 Å². The summed E-state index contributed by atoms with van der Waals surface area (Å²) in [5, 5.41) is 15.2. The number of aromatic amines is 1. The van der Waals surface area contributed by atoms with Crippen molar-refractivity contribution in [1.29, 1.82) is 0 Å². The van der Waals surface area contributed by atoms with E-state index < -0.39 is 0 Å². The largest absolute Gasteiger partial charge is 0.394 e. The molecule has 1 aromatic carbocycles. The van der Waals surface area contributed by atoms with E-state index in [2.05, 4.69) is 42.1 Å². The fraction of sp³-hybridized carbons (Fsp3) is 0.444. The predicted molar refractivity (Wildman–Crippen MR) is 90.3 cm³/mol. The van der Waals surface area contributed by atoms with Crippen molar-refractivity contribution in [3.8, 4) is 11.4 Å². The van der Waals surface area contributed by atoms with Crippen LogP contribution in [0.25, 0.3) is 22.3 Å². The molecule has 0 unspecified atom stereocenters. The third-order valence-electron chi connectivity index (χ3n) is 4.78.